The normalized spacial score (nSPS) is 10.7. The summed E-state index contributed by atoms with van der Waals surface area (Å²) in [6.07, 6.45) is 1.27. The molecule has 1 aromatic carbocycles. The zero-order valence-electron chi connectivity index (χ0n) is 13.0. The van der Waals surface area contributed by atoms with Crippen LogP contribution in [0.3, 0.4) is 0 Å². The molecule has 1 amide bonds. The number of para-hydroxylation sites is 1. The van der Waals surface area contributed by atoms with Gasteiger partial charge >= 0.3 is 0 Å². The molecule has 0 atom stereocenters. The van der Waals surface area contributed by atoms with E-state index in [-0.39, 0.29) is 5.91 Å². The highest BCUT2D eigenvalue weighted by atomic mass is 16.5. The zero-order chi connectivity index (χ0) is 15.0. The average Bonchev–Trinajstić information content (AvgIpc) is 2.41. The highest BCUT2D eigenvalue weighted by Crippen LogP contribution is 2.18. The van der Waals surface area contributed by atoms with Crippen LogP contribution in [-0.2, 0) is 11.3 Å². The Balaban J connectivity index is 2.41. The van der Waals surface area contributed by atoms with Crippen LogP contribution in [0, 0.1) is 0 Å². The van der Waals surface area contributed by atoms with Crippen molar-refractivity contribution in [2.45, 2.75) is 39.3 Å². The van der Waals surface area contributed by atoms with Crippen LogP contribution in [0.4, 0.5) is 0 Å². The molecule has 0 fully saturated rings. The second-order valence-corrected chi connectivity index (χ2v) is 5.38. The SMILES string of the molecule is CC(C)NCc1ccccc1OCCCC(=O)N(C)C. The van der Waals surface area contributed by atoms with Gasteiger partial charge in [0.1, 0.15) is 5.75 Å². The number of hydrogen-bond donors (Lipinski definition) is 1. The molecule has 20 heavy (non-hydrogen) atoms. The summed E-state index contributed by atoms with van der Waals surface area (Å²) in [5.74, 6) is 1.04. The quantitative estimate of drug-likeness (QED) is 0.743. The lowest BCUT2D eigenvalue weighted by Crippen LogP contribution is -2.22. The molecule has 0 radical (unpaired) electrons. The molecule has 0 unspecified atom stereocenters. The Morgan fingerprint density at radius 3 is 2.65 bits per heavy atom. The van der Waals surface area contributed by atoms with Crippen LogP contribution < -0.4 is 10.1 Å². The Bertz CT molecular complexity index is 417. The molecule has 1 N–H and O–H groups in total. The zero-order valence-corrected chi connectivity index (χ0v) is 13.0. The van der Waals surface area contributed by atoms with Gasteiger partial charge in [-0.15, -0.1) is 0 Å². The minimum absolute atomic E-state index is 0.142. The maximum Gasteiger partial charge on any atom is 0.222 e. The van der Waals surface area contributed by atoms with Gasteiger partial charge in [0.05, 0.1) is 6.61 Å². The van der Waals surface area contributed by atoms with Crippen molar-refractivity contribution >= 4 is 5.91 Å². The lowest BCUT2D eigenvalue weighted by Gasteiger charge is -2.14. The molecule has 1 rings (SSSR count). The fraction of sp³-hybridized carbons (Fsp3) is 0.562. The summed E-state index contributed by atoms with van der Waals surface area (Å²) in [4.78, 5) is 13.1. The van der Waals surface area contributed by atoms with Crippen LogP contribution in [0.5, 0.6) is 5.75 Å². The van der Waals surface area contributed by atoms with Crippen LogP contribution >= 0.6 is 0 Å². The van der Waals surface area contributed by atoms with E-state index in [0.29, 0.717) is 19.1 Å². The fourth-order valence-electron chi connectivity index (χ4n) is 1.73. The lowest BCUT2D eigenvalue weighted by atomic mass is 10.2. The molecule has 0 aliphatic carbocycles. The molecule has 0 bridgehead atoms. The van der Waals surface area contributed by atoms with Crippen LogP contribution in [0.15, 0.2) is 24.3 Å². The number of nitrogens with zero attached hydrogens (tertiary/aromatic N) is 1. The molecule has 0 spiro atoms. The van der Waals surface area contributed by atoms with Crippen molar-refractivity contribution in [3.05, 3.63) is 29.8 Å². The number of ether oxygens (including phenoxy) is 1. The fourth-order valence-corrected chi connectivity index (χ4v) is 1.73. The minimum atomic E-state index is 0.142. The Kier molecular flexibility index (Phi) is 7.09. The molecular weight excluding hydrogens is 252 g/mol. The first kappa shape index (κ1) is 16.5. The lowest BCUT2D eigenvalue weighted by molar-refractivity contribution is -0.128. The number of amides is 1. The molecular formula is C16H26N2O2. The first-order valence-electron chi connectivity index (χ1n) is 7.15. The van der Waals surface area contributed by atoms with Crippen molar-refractivity contribution in [1.82, 2.24) is 10.2 Å². The number of benzene rings is 1. The Morgan fingerprint density at radius 1 is 1.30 bits per heavy atom. The van der Waals surface area contributed by atoms with Crippen molar-refractivity contribution in [1.29, 1.82) is 0 Å². The van der Waals surface area contributed by atoms with Crippen molar-refractivity contribution in [3.8, 4) is 5.75 Å². The second-order valence-electron chi connectivity index (χ2n) is 5.38. The van der Waals surface area contributed by atoms with Crippen molar-refractivity contribution in [3.63, 3.8) is 0 Å². The molecule has 0 aliphatic heterocycles. The summed E-state index contributed by atoms with van der Waals surface area (Å²) < 4.78 is 5.79. The summed E-state index contributed by atoms with van der Waals surface area (Å²) in [5.41, 5.74) is 1.15. The monoisotopic (exact) mass is 278 g/mol. The van der Waals surface area contributed by atoms with Gasteiger partial charge in [0.25, 0.3) is 0 Å². The Morgan fingerprint density at radius 2 is 2.00 bits per heavy atom. The van der Waals surface area contributed by atoms with Gasteiger partial charge in [-0.25, -0.2) is 0 Å². The average molecular weight is 278 g/mol. The van der Waals surface area contributed by atoms with E-state index in [2.05, 4.69) is 25.2 Å². The highest BCUT2D eigenvalue weighted by Gasteiger charge is 2.06. The molecule has 4 nitrogen and oxygen atoms in total. The predicted octanol–water partition coefficient (Wildman–Crippen LogP) is 2.43. The summed E-state index contributed by atoms with van der Waals surface area (Å²) in [6.45, 7) is 5.61. The van der Waals surface area contributed by atoms with Crippen molar-refractivity contribution in [2.24, 2.45) is 0 Å². The van der Waals surface area contributed by atoms with E-state index >= 15 is 0 Å². The molecule has 112 valence electrons. The van der Waals surface area contributed by atoms with Crippen LogP contribution in [0.1, 0.15) is 32.3 Å². The highest BCUT2D eigenvalue weighted by molar-refractivity contribution is 5.75. The van der Waals surface area contributed by atoms with Gasteiger partial charge in [-0.1, -0.05) is 32.0 Å². The van der Waals surface area contributed by atoms with Gasteiger partial charge < -0.3 is 15.0 Å². The van der Waals surface area contributed by atoms with E-state index in [1.807, 2.05) is 18.2 Å². The van der Waals surface area contributed by atoms with E-state index in [9.17, 15) is 4.79 Å². The molecule has 0 saturated heterocycles. The maximum absolute atomic E-state index is 11.5. The minimum Gasteiger partial charge on any atom is -0.493 e. The van der Waals surface area contributed by atoms with Gasteiger partial charge in [-0.3, -0.25) is 4.79 Å². The van der Waals surface area contributed by atoms with E-state index in [4.69, 9.17) is 4.74 Å². The largest absolute Gasteiger partial charge is 0.493 e. The van der Waals surface area contributed by atoms with Gasteiger partial charge in [0.15, 0.2) is 0 Å². The number of hydrogen-bond acceptors (Lipinski definition) is 3. The number of nitrogens with one attached hydrogen (secondary N) is 1. The summed E-state index contributed by atoms with van der Waals surface area (Å²) in [5, 5.41) is 3.38. The molecule has 4 heteroatoms. The summed E-state index contributed by atoms with van der Waals surface area (Å²) in [7, 11) is 3.55. The van der Waals surface area contributed by atoms with Gasteiger partial charge in [-0.2, -0.15) is 0 Å². The van der Waals surface area contributed by atoms with Crippen LogP contribution in [-0.4, -0.2) is 37.6 Å². The molecule has 0 heterocycles. The van der Waals surface area contributed by atoms with Crippen molar-refractivity contribution in [2.75, 3.05) is 20.7 Å². The molecule has 1 aromatic rings. The topological polar surface area (TPSA) is 41.6 Å². The third-order valence-corrected chi connectivity index (χ3v) is 2.96. The van der Waals surface area contributed by atoms with Crippen LogP contribution in [0.2, 0.25) is 0 Å². The van der Waals surface area contributed by atoms with E-state index in [1.165, 1.54) is 0 Å². The van der Waals surface area contributed by atoms with Gasteiger partial charge in [0, 0.05) is 38.7 Å². The standard InChI is InChI=1S/C16H26N2O2/c1-13(2)17-12-14-8-5-6-9-15(14)20-11-7-10-16(19)18(3)4/h5-6,8-9,13,17H,7,10-12H2,1-4H3. The molecule has 0 aromatic heterocycles. The predicted molar refractivity (Wildman–Crippen MR) is 81.8 cm³/mol. The van der Waals surface area contributed by atoms with E-state index in [1.54, 1.807) is 19.0 Å². The first-order chi connectivity index (χ1) is 9.50. The number of carbonyl (C=O) groups excluding carboxylic acids is 1. The summed E-state index contributed by atoms with van der Waals surface area (Å²) >= 11 is 0. The first-order valence-corrected chi connectivity index (χ1v) is 7.15. The third kappa shape index (κ3) is 6.06. The second kappa shape index (κ2) is 8.59. The number of carbonyl (C=O) groups is 1. The number of rotatable bonds is 8. The smallest absolute Gasteiger partial charge is 0.222 e. The van der Waals surface area contributed by atoms with Gasteiger partial charge in [-0.05, 0) is 12.5 Å². The van der Waals surface area contributed by atoms with E-state index < -0.39 is 0 Å². The Labute approximate surface area is 122 Å². The van der Waals surface area contributed by atoms with Gasteiger partial charge in [0.2, 0.25) is 5.91 Å². The van der Waals surface area contributed by atoms with Crippen molar-refractivity contribution < 1.29 is 9.53 Å². The molecule has 0 saturated carbocycles. The Hall–Kier alpha value is -1.55. The van der Waals surface area contributed by atoms with E-state index in [0.717, 1.165) is 24.3 Å². The summed E-state index contributed by atoms with van der Waals surface area (Å²) in [6, 6.07) is 8.47. The molecule has 0 aliphatic rings. The van der Waals surface area contributed by atoms with Crippen LogP contribution in [0.25, 0.3) is 0 Å². The third-order valence-electron chi connectivity index (χ3n) is 2.96. The maximum atomic E-state index is 11.5.